The van der Waals surface area contributed by atoms with Gasteiger partial charge in [0.25, 0.3) is 5.91 Å². The van der Waals surface area contributed by atoms with Gasteiger partial charge in [0.15, 0.2) is 5.82 Å². The maximum Gasteiger partial charge on any atom is 0.255 e. The summed E-state index contributed by atoms with van der Waals surface area (Å²) in [5, 5.41) is 14.4. The molecule has 0 aliphatic carbocycles. The highest BCUT2D eigenvalue weighted by atomic mass is 32.2. The van der Waals surface area contributed by atoms with Gasteiger partial charge in [-0.05, 0) is 40.3 Å². The quantitative estimate of drug-likeness (QED) is 0.742. The summed E-state index contributed by atoms with van der Waals surface area (Å²) in [6.45, 7) is 0. The number of rotatable bonds is 4. The highest BCUT2D eigenvalue weighted by Gasteiger charge is 2.18. The van der Waals surface area contributed by atoms with Gasteiger partial charge in [0, 0.05) is 35.4 Å². The maximum atomic E-state index is 12.5. The first-order valence-corrected chi connectivity index (χ1v) is 10.3. The number of carbonyl (C=O) groups is 1. The number of anilines is 1. The van der Waals surface area contributed by atoms with Crippen LogP contribution in [0.15, 0.2) is 48.5 Å². The predicted molar refractivity (Wildman–Crippen MR) is 106 cm³/mol. The molecule has 2 aromatic carbocycles. The molecule has 0 atom stereocenters. The lowest BCUT2D eigenvalue weighted by Gasteiger charge is -2.10. The Morgan fingerprint density at radius 1 is 1.15 bits per heavy atom. The fraction of sp³-hybridized carbons (Fsp3) is 0.222. The smallest absolute Gasteiger partial charge is 0.255 e. The number of nitrogens with one attached hydrogen (secondary N) is 1. The van der Waals surface area contributed by atoms with E-state index in [0.29, 0.717) is 21.7 Å². The van der Waals surface area contributed by atoms with Crippen LogP contribution in [0.4, 0.5) is 5.69 Å². The Kier molecular flexibility index (Phi) is 4.94. The number of tetrazole rings is 1. The minimum Gasteiger partial charge on any atom is -0.322 e. The van der Waals surface area contributed by atoms with Crippen molar-refractivity contribution in [1.82, 2.24) is 20.2 Å². The van der Waals surface area contributed by atoms with Crippen LogP contribution in [-0.2, 0) is 7.05 Å². The van der Waals surface area contributed by atoms with Gasteiger partial charge >= 0.3 is 0 Å². The van der Waals surface area contributed by atoms with Crippen molar-refractivity contribution in [3.05, 3.63) is 59.7 Å². The Bertz CT molecular complexity index is 919. The molecule has 26 heavy (non-hydrogen) atoms. The van der Waals surface area contributed by atoms with Gasteiger partial charge in [-0.2, -0.15) is 0 Å². The normalized spacial score (nSPS) is 14.5. The molecule has 6 nitrogen and oxygen atoms in total. The van der Waals surface area contributed by atoms with Crippen LogP contribution < -0.4 is 5.32 Å². The number of benzene rings is 2. The molecule has 1 fully saturated rings. The third-order valence-electron chi connectivity index (χ3n) is 4.07. The van der Waals surface area contributed by atoms with E-state index in [9.17, 15) is 4.79 Å². The SMILES string of the molecule is Cn1nnnc1-c1cccc(NC(=O)c2ccc(C3SCCS3)cc2)c1. The van der Waals surface area contributed by atoms with Crippen molar-refractivity contribution in [3.8, 4) is 11.4 Å². The number of hydrogen-bond acceptors (Lipinski definition) is 6. The minimum atomic E-state index is -0.128. The van der Waals surface area contributed by atoms with E-state index in [1.165, 1.54) is 17.1 Å². The molecule has 1 N–H and O–H groups in total. The zero-order valence-corrected chi connectivity index (χ0v) is 15.8. The summed E-state index contributed by atoms with van der Waals surface area (Å²) in [7, 11) is 1.78. The molecule has 1 aliphatic rings. The minimum absolute atomic E-state index is 0.128. The van der Waals surface area contributed by atoms with Gasteiger partial charge in [-0.15, -0.1) is 28.6 Å². The summed E-state index contributed by atoms with van der Waals surface area (Å²) in [4.78, 5) is 12.5. The van der Waals surface area contributed by atoms with Crippen LogP contribution >= 0.6 is 23.5 Å². The second kappa shape index (κ2) is 7.51. The Balaban J connectivity index is 1.48. The van der Waals surface area contributed by atoms with Gasteiger partial charge in [0.2, 0.25) is 0 Å². The van der Waals surface area contributed by atoms with Crippen LogP contribution in [0.1, 0.15) is 20.5 Å². The molecule has 0 spiro atoms. The van der Waals surface area contributed by atoms with Crippen LogP contribution in [-0.4, -0.2) is 37.6 Å². The Labute approximate surface area is 159 Å². The number of carbonyl (C=O) groups excluding carboxylic acids is 1. The number of amides is 1. The molecule has 2 heterocycles. The van der Waals surface area contributed by atoms with Crippen LogP contribution in [0.25, 0.3) is 11.4 Å². The van der Waals surface area contributed by atoms with E-state index in [2.05, 4.69) is 20.8 Å². The second-order valence-electron chi connectivity index (χ2n) is 5.86. The Morgan fingerprint density at radius 2 is 1.92 bits per heavy atom. The largest absolute Gasteiger partial charge is 0.322 e. The topological polar surface area (TPSA) is 72.7 Å². The molecule has 0 unspecified atom stereocenters. The van der Waals surface area contributed by atoms with Crippen molar-refractivity contribution in [1.29, 1.82) is 0 Å². The predicted octanol–water partition coefficient (Wildman–Crippen LogP) is 3.61. The summed E-state index contributed by atoms with van der Waals surface area (Å²) in [6, 6.07) is 15.4. The zero-order chi connectivity index (χ0) is 17.9. The fourth-order valence-electron chi connectivity index (χ4n) is 2.76. The molecule has 4 rings (SSSR count). The van der Waals surface area contributed by atoms with Gasteiger partial charge in [0.05, 0.1) is 4.58 Å². The van der Waals surface area contributed by atoms with E-state index in [1.807, 2.05) is 72.1 Å². The van der Waals surface area contributed by atoms with E-state index in [0.717, 1.165) is 5.56 Å². The molecular weight excluding hydrogens is 366 g/mol. The third-order valence-corrected chi connectivity index (χ3v) is 7.17. The van der Waals surface area contributed by atoms with E-state index in [1.54, 1.807) is 11.7 Å². The number of hydrogen-bond donors (Lipinski definition) is 1. The molecule has 1 aliphatic heterocycles. The first-order valence-electron chi connectivity index (χ1n) is 8.18. The van der Waals surface area contributed by atoms with Crippen LogP contribution in [0.2, 0.25) is 0 Å². The molecule has 132 valence electrons. The average Bonchev–Trinajstić information content (AvgIpc) is 3.34. The van der Waals surface area contributed by atoms with Crippen molar-refractivity contribution < 1.29 is 4.79 Å². The standard InChI is InChI=1S/C18H17N5OS2/c1-23-16(20-21-22-23)14-3-2-4-15(11-14)19-17(24)12-5-7-13(8-6-12)18-25-9-10-26-18/h2-8,11,18H,9-10H2,1H3,(H,19,24). The first-order chi connectivity index (χ1) is 12.7. The highest BCUT2D eigenvalue weighted by Crippen LogP contribution is 2.45. The first kappa shape index (κ1) is 17.1. The number of aryl methyl sites for hydroxylation is 1. The molecular formula is C18H17N5OS2. The van der Waals surface area contributed by atoms with Gasteiger partial charge < -0.3 is 5.32 Å². The van der Waals surface area contributed by atoms with Gasteiger partial charge in [-0.3, -0.25) is 4.79 Å². The molecule has 0 radical (unpaired) electrons. The molecule has 1 amide bonds. The van der Waals surface area contributed by atoms with Crippen molar-refractivity contribution >= 4 is 35.1 Å². The summed E-state index contributed by atoms with van der Waals surface area (Å²) in [6.07, 6.45) is 0. The molecule has 3 aromatic rings. The Morgan fingerprint density at radius 3 is 2.62 bits per heavy atom. The molecule has 1 aromatic heterocycles. The monoisotopic (exact) mass is 383 g/mol. The van der Waals surface area contributed by atoms with Crippen LogP contribution in [0.3, 0.4) is 0 Å². The second-order valence-corrected chi connectivity index (χ2v) is 8.58. The summed E-state index contributed by atoms with van der Waals surface area (Å²) in [5.74, 6) is 2.90. The van der Waals surface area contributed by atoms with Gasteiger partial charge in [0.1, 0.15) is 0 Å². The lowest BCUT2D eigenvalue weighted by molar-refractivity contribution is 0.102. The van der Waals surface area contributed by atoms with Crippen molar-refractivity contribution in [3.63, 3.8) is 0 Å². The van der Waals surface area contributed by atoms with Gasteiger partial charge in [-0.1, -0.05) is 24.3 Å². The average molecular weight is 384 g/mol. The highest BCUT2D eigenvalue weighted by molar-refractivity contribution is 8.19. The van der Waals surface area contributed by atoms with E-state index in [4.69, 9.17) is 0 Å². The van der Waals surface area contributed by atoms with E-state index in [-0.39, 0.29) is 5.91 Å². The maximum absolute atomic E-state index is 12.5. The lowest BCUT2D eigenvalue weighted by atomic mass is 10.1. The molecule has 0 saturated carbocycles. The van der Waals surface area contributed by atoms with Gasteiger partial charge in [-0.25, -0.2) is 4.68 Å². The molecule has 1 saturated heterocycles. The zero-order valence-electron chi connectivity index (χ0n) is 14.1. The number of aromatic nitrogens is 4. The van der Waals surface area contributed by atoms with Crippen LogP contribution in [0, 0.1) is 0 Å². The summed E-state index contributed by atoms with van der Waals surface area (Å²) < 4.78 is 2.09. The molecule has 0 bridgehead atoms. The fourth-order valence-corrected chi connectivity index (χ4v) is 5.62. The van der Waals surface area contributed by atoms with Crippen molar-refractivity contribution in [2.24, 2.45) is 7.05 Å². The van der Waals surface area contributed by atoms with Crippen molar-refractivity contribution in [2.75, 3.05) is 16.8 Å². The van der Waals surface area contributed by atoms with Crippen molar-refractivity contribution in [2.45, 2.75) is 4.58 Å². The third kappa shape index (κ3) is 3.61. The number of thioether (sulfide) groups is 2. The van der Waals surface area contributed by atoms with E-state index >= 15 is 0 Å². The lowest BCUT2D eigenvalue weighted by Crippen LogP contribution is -2.12. The Hall–Kier alpha value is -2.32. The molecule has 8 heteroatoms. The number of nitrogens with zero attached hydrogens (tertiary/aromatic N) is 4. The summed E-state index contributed by atoms with van der Waals surface area (Å²) in [5.41, 5.74) is 3.47. The van der Waals surface area contributed by atoms with E-state index < -0.39 is 0 Å². The summed E-state index contributed by atoms with van der Waals surface area (Å²) >= 11 is 3.92. The van der Waals surface area contributed by atoms with Crippen LogP contribution in [0.5, 0.6) is 0 Å².